The number of nitrogens with one attached hydrogen (secondary N) is 1. The molecule has 2 heterocycles. The molecule has 38 heavy (non-hydrogen) atoms. The average molecular weight is 527 g/mol. The van der Waals surface area contributed by atoms with Gasteiger partial charge in [0.2, 0.25) is 5.91 Å². The van der Waals surface area contributed by atoms with Crippen molar-refractivity contribution in [2.75, 3.05) is 10.2 Å². The number of halogens is 2. The predicted molar refractivity (Wildman–Crippen MR) is 147 cm³/mol. The molecule has 2 aromatic rings. The van der Waals surface area contributed by atoms with Gasteiger partial charge in [0.1, 0.15) is 11.6 Å². The lowest BCUT2D eigenvalue weighted by Gasteiger charge is -2.41. The molecule has 0 unspecified atom stereocenters. The number of nitrogens with zero attached hydrogens (tertiary/aromatic N) is 1. The molecule has 0 bridgehead atoms. The maximum absolute atomic E-state index is 13.3. The van der Waals surface area contributed by atoms with Gasteiger partial charge in [0.05, 0.1) is 16.8 Å². The minimum atomic E-state index is -0.562. The van der Waals surface area contributed by atoms with Crippen molar-refractivity contribution in [1.82, 2.24) is 0 Å². The van der Waals surface area contributed by atoms with Crippen molar-refractivity contribution >= 4 is 40.4 Å². The van der Waals surface area contributed by atoms with E-state index in [1.54, 1.807) is 23.1 Å². The van der Waals surface area contributed by atoms with Crippen LogP contribution in [0.1, 0.15) is 73.4 Å². The molecule has 0 spiro atoms. The molecule has 204 valence electrons. The highest BCUT2D eigenvalue weighted by atomic mass is 19.1. The summed E-state index contributed by atoms with van der Waals surface area (Å²) in [5.41, 5.74) is 5.25. The van der Waals surface area contributed by atoms with Gasteiger partial charge in [-0.3, -0.25) is 14.4 Å². The first-order valence-electron chi connectivity index (χ1n) is 12.2. The molecule has 1 N–H and O–H groups in total. The minimum Gasteiger partial charge on any atom is -0.394 e. The molecule has 0 atom stereocenters. The van der Waals surface area contributed by atoms with Gasteiger partial charge in [-0.1, -0.05) is 12.2 Å². The number of benzene rings is 2. The summed E-state index contributed by atoms with van der Waals surface area (Å²) in [6.45, 7) is 16.0. The van der Waals surface area contributed by atoms with Gasteiger partial charge in [0, 0.05) is 37.6 Å². The highest BCUT2D eigenvalue weighted by Crippen LogP contribution is 2.39. The summed E-state index contributed by atoms with van der Waals surface area (Å²) >= 11 is 0. The van der Waals surface area contributed by atoms with Crippen LogP contribution in [-0.2, 0) is 19.1 Å². The van der Waals surface area contributed by atoms with Crippen LogP contribution >= 0.6 is 0 Å². The minimum absolute atomic E-state index is 0.0355. The first-order valence-corrected chi connectivity index (χ1v) is 12.2. The van der Waals surface area contributed by atoms with Crippen molar-refractivity contribution in [3.05, 3.63) is 71.3 Å². The van der Waals surface area contributed by atoms with Crippen molar-refractivity contribution < 1.29 is 27.9 Å². The molecule has 0 radical (unpaired) electrons. The summed E-state index contributed by atoms with van der Waals surface area (Å²) in [6.07, 6.45) is 4.12. The molecular weight excluding hydrogens is 490 g/mol. The Labute approximate surface area is 223 Å². The van der Waals surface area contributed by atoms with Gasteiger partial charge in [0.15, 0.2) is 0 Å². The number of rotatable bonds is 0. The summed E-state index contributed by atoms with van der Waals surface area (Å²) in [5.74, 6) is -1.62. The summed E-state index contributed by atoms with van der Waals surface area (Å²) in [7, 11) is 0. The van der Waals surface area contributed by atoms with E-state index in [0.717, 1.165) is 33.6 Å². The molecule has 0 aliphatic carbocycles. The molecule has 2 aromatic carbocycles. The molecule has 6 nitrogen and oxygen atoms in total. The lowest BCUT2D eigenvalue weighted by Crippen LogP contribution is -2.47. The first-order chi connectivity index (χ1) is 17.4. The maximum Gasteiger partial charge on any atom is 0.310 e. The number of fused-ring (bicyclic) bond motifs is 2. The van der Waals surface area contributed by atoms with E-state index in [9.17, 15) is 23.2 Å². The Hall–Kier alpha value is -3.81. The van der Waals surface area contributed by atoms with Gasteiger partial charge in [0.25, 0.3) is 0 Å². The number of hydrogen-bond donors (Lipinski definition) is 1. The van der Waals surface area contributed by atoms with Crippen molar-refractivity contribution in [3.63, 3.8) is 0 Å². The second-order valence-electron chi connectivity index (χ2n) is 10.4. The van der Waals surface area contributed by atoms with E-state index in [1.165, 1.54) is 39.0 Å². The molecule has 0 saturated heterocycles. The van der Waals surface area contributed by atoms with Gasteiger partial charge in [-0.25, -0.2) is 8.78 Å². The summed E-state index contributed by atoms with van der Waals surface area (Å²) in [6, 6.07) is 9.40. The third-order valence-corrected chi connectivity index (χ3v) is 5.81. The Morgan fingerprint density at radius 1 is 0.789 bits per heavy atom. The fourth-order valence-corrected chi connectivity index (χ4v) is 4.73. The van der Waals surface area contributed by atoms with Crippen molar-refractivity contribution in [3.8, 4) is 0 Å². The molecule has 2 aliphatic heterocycles. The van der Waals surface area contributed by atoms with Crippen LogP contribution < -0.4 is 10.2 Å². The van der Waals surface area contributed by atoms with E-state index in [0.29, 0.717) is 0 Å². The van der Waals surface area contributed by atoms with Crippen LogP contribution in [0, 0.1) is 11.6 Å². The third-order valence-electron chi connectivity index (χ3n) is 5.81. The number of hydrogen-bond acceptors (Lipinski definition) is 5. The van der Waals surface area contributed by atoms with Crippen molar-refractivity contribution in [1.29, 1.82) is 0 Å². The zero-order valence-corrected chi connectivity index (χ0v) is 23.5. The van der Waals surface area contributed by atoms with Crippen LogP contribution in [0.15, 0.2) is 48.6 Å². The predicted octanol–water partition coefficient (Wildman–Crippen LogP) is 6.90. The number of anilines is 2. The zero-order valence-electron chi connectivity index (χ0n) is 23.5. The second kappa shape index (κ2) is 11.7. The van der Waals surface area contributed by atoms with Gasteiger partial charge < -0.3 is 15.0 Å². The number of carbonyl (C=O) groups is 3. The van der Waals surface area contributed by atoms with Crippen LogP contribution in [0.5, 0.6) is 0 Å². The van der Waals surface area contributed by atoms with Crippen LogP contribution in [-0.4, -0.2) is 28.9 Å². The van der Waals surface area contributed by atoms with E-state index in [2.05, 4.69) is 30.0 Å². The fraction of sp³-hybridized carbons (Fsp3) is 0.367. The fourth-order valence-electron chi connectivity index (χ4n) is 4.73. The summed E-state index contributed by atoms with van der Waals surface area (Å²) in [5, 5.41) is 3.35. The van der Waals surface area contributed by atoms with Crippen molar-refractivity contribution in [2.45, 2.75) is 73.4 Å². The SMILES string of the molecule is CC(=O)N1c2ccc(F)cc2C(C)=CC1(C)C.CC(=O)OC(C)=O.CC1=CC(C)(C)Nc2ccc(F)cc21. The van der Waals surface area contributed by atoms with E-state index in [4.69, 9.17) is 0 Å². The van der Waals surface area contributed by atoms with Crippen molar-refractivity contribution in [2.24, 2.45) is 0 Å². The van der Waals surface area contributed by atoms with Gasteiger partial charge >= 0.3 is 11.9 Å². The monoisotopic (exact) mass is 526 g/mol. The molecule has 8 heteroatoms. The molecule has 0 fully saturated rings. The van der Waals surface area contributed by atoms with Gasteiger partial charge in [-0.2, -0.15) is 0 Å². The topological polar surface area (TPSA) is 75.7 Å². The average Bonchev–Trinajstić information content (AvgIpc) is 2.73. The second-order valence-corrected chi connectivity index (χ2v) is 10.4. The van der Waals surface area contributed by atoms with Crippen LogP contribution in [0.4, 0.5) is 20.2 Å². The number of allylic oxidation sites excluding steroid dienone is 2. The Balaban J connectivity index is 0.000000218. The van der Waals surface area contributed by atoms with Gasteiger partial charge in [-0.15, -0.1) is 0 Å². The van der Waals surface area contributed by atoms with Gasteiger partial charge in [-0.05, 0) is 89.1 Å². The van der Waals surface area contributed by atoms with E-state index in [1.807, 2.05) is 33.8 Å². The normalized spacial score (nSPS) is 15.9. The van der Waals surface area contributed by atoms with Crippen LogP contribution in [0.2, 0.25) is 0 Å². The van der Waals surface area contributed by atoms with Crippen LogP contribution in [0.25, 0.3) is 11.1 Å². The van der Waals surface area contributed by atoms with Crippen LogP contribution in [0.3, 0.4) is 0 Å². The Bertz CT molecular complexity index is 1300. The number of amides is 1. The van der Waals surface area contributed by atoms with E-state index < -0.39 is 11.9 Å². The van der Waals surface area contributed by atoms with E-state index >= 15 is 0 Å². The lowest BCUT2D eigenvalue weighted by atomic mass is 9.89. The van der Waals surface area contributed by atoms with E-state index in [-0.39, 0.29) is 28.6 Å². The Kier molecular flexibility index (Phi) is 9.37. The molecule has 1 amide bonds. The molecule has 2 aliphatic rings. The smallest absolute Gasteiger partial charge is 0.310 e. The largest absolute Gasteiger partial charge is 0.394 e. The highest BCUT2D eigenvalue weighted by molar-refractivity contribution is 5.99. The highest BCUT2D eigenvalue weighted by Gasteiger charge is 2.34. The quantitative estimate of drug-likeness (QED) is 0.298. The number of esters is 2. The Morgan fingerprint density at radius 2 is 1.29 bits per heavy atom. The third kappa shape index (κ3) is 7.84. The molecular formula is C30H36F2N2O4. The standard InChI is InChI=1S/C14H16FNO.C12H14FN.C4H6O3/c1-9-8-14(3,4)16(10(2)17)13-6-5-11(15)7-12(9)13;1-8-7-12(2,3)14-11-5-4-9(13)6-10(8)11;1-3(5)7-4(2)6/h5-8H,1-4H3;4-7,14H,1-3H3;1-2H3. The summed E-state index contributed by atoms with van der Waals surface area (Å²) in [4.78, 5) is 33.1. The maximum atomic E-state index is 13.3. The Morgan fingerprint density at radius 3 is 1.79 bits per heavy atom. The molecule has 0 aromatic heterocycles. The summed E-state index contributed by atoms with van der Waals surface area (Å²) < 4.78 is 30.2. The zero-order chi connectivity index (χ0) is 29.0. The lowest BCUT2D eigenvalue weighted by molar-refractivity contribution is -0.156. The first kappa shape index (κ1) is 30.4. The molecule has 4 rings (SSSR count). The number of carbonyl (C=O) groups excluding carboxylic acids is 3. The number of ether oxygens (including phenoxy) is 1. The molecule has 0 saturated carbocycles.